The number of hydrogen-bond acceptors (Lipinski definition) is 2. The van der Waals surface area contributed by atoms with Gasteiger partial charge in [0, 0.05) is 5.92 Å². The Bertz CT molecular complexity index is 180. The third-order valence-corrected chi connectivity index (χ3v) is 2.09. The van der Waals surface area contributed by atoms with Gasteiger partial charge in [-0.2, -0.15) is 5.26 Å². The second-order valence-electron chi connectivity index (χ2n) is 2.92. The van der Waals surface area contributed by atoms with Crippen LogP contribution in [0.3, 0.4) is 0 Å². The van der Waals surface area contributed by atoms with Crippen LogP contribution in [0.4, 0.5) is 0 Å². The molecule has 0 heterocycles. The van der Waals surface area contributed by atoms with Gasteiger partial charge in [-0.15, -0.1) is 0 Å². The van der Waals surface area contributed by atoms with E-state index in [4.69, 9.17) is 10.00 Å². The fourth-order valence-electron chi connectivity index (χ4n) is 1.40. The number of ether oxygens (including phenoxy) is 1. The van der Waals surface area contributed by atoms with Crippen LogP contribution in [0.25, 0.3) is 0 Å². The standard InChI is InChI=1S/C9H13NO/c1-11-7-9-4-2-8(6-10)3-5-9/h7-8H,2-5H2,1H3. The Balaban J connectivity index is 2.37. The average Bonchev–Trinajstić information content (AvgIpc) is 2.07. The van der Waals surface area contributed by atoms with Gasteiger partial charge in [-0.25, -0.2) is 0 Å². The van der Waals surface area contributed by atoms with E-state index in [0.29, 0.717) is 0 Å². The molecule has 0 aromatic rings. The lowest BCUT2D eigenvalue weighted by molar-refractivity contribution is 0.325. The topological polar surface area (TPSA) is 33.0 Å². The van der Waals surface area contributed by atoms with Gasteiger partial charge in [-0.05, 0) is 31.3 Å². The Morgan fingerprint density at radius 3 is 2.64 bits per heavy atom. The van der Waals surface area contributed by atoms with Crippen LogP contribution < -0.4 is 0 Å². The summed E-state index contributed by atoms with van der Waals surface area (Å²) in [5.41, 5.74) is 1.35. The fourth-order valence-corrected chi connectivity index (χ4v) is 1.40. The summed E-state index contributed by atoms with van der Waals surface area (Å²) in [7, 11) is 1.67. The Kier molecular flexibility index (Phi) is 2.97. The Morgan fingerprint density at radius 1 is 1.55 bits per heavy atom. The first-order valence-corrected chi connectivity index (χ1v) is 3.97. The van der Waals surface area contributed by atoms with Crippen molar-refractivity contribution < 1.29 is 4.74 Å². The quantitative estimate of drug-likeness (QED) is 0.538. The number of nitrogens with zero attached hydrogens (tertiary/aromatic N) is 1. The maximum atomic E-state index is 8.61. The molecule has 0 bridgehead atoms. The molecule has 60 valence electrons. The highest BCUT2D eigenvalue weighted by Crippen LogP contribution is 2.27. The van der Waals surface area contributed by atoms with Gasteiger partial charge in [-0.3, -0.25) is 0 Å². The molecule has 0 atom stereocenters. The largest absolute Gasteiger partial charge is 0.504 e. The number of hydrogen-bond donors (Lipinski definition) is 0. The van der Waals surface area contributed by atoms with E-state index in [-0.39, 0.29) is 5.92 Å². The first kappa shape index (κ1) is 8.13. The van der Waals surface area contributed by atoms with E-state index >= 15 is 0 Å². The minimum Gasteiger partial charge on any atom is -0.504 e. The normalized spacial score (nSPS) is 24.0. The maximum Gasteiger partial charge on any atom is 0.0816 e. The number of rotatable bonds is 1. The molecule has 0 unspecified atom stereocenters. The van der Waals surface area contributed by atoms with E-state index in [9.17, 15) is 0 Å². The van der Waals surface area contributed by atoms with Gasteiger partial charge in [-0.1, -0.05) is 0 Å². The molecule has 2 nitrogen and oxygen atoms in total. The zero-order valence-electron chi connectivity index (χ0n) is 6.84. The van der Waals surface area contributed by atoms with Crippen molar-refractivity contribution in [1.82, 2.24) is 0 Å². The summed E-state index contributed by atoms with van der Waals surface area (Å²) in [5, 5.41) is 8.61. The molecule has 0 aromatic carbocycles. The van der Waals surface area contributed by atoms with Crippen molar-refractivity contribution >= 4 is 0 Å². The van der Waals surface area contributed by atoms with Gasteiger partial charge >= 0.3 is 0 Å². The van der Waals surface area contributed by atoms with Crippen LogP contribution in [-0.2, 0) is 4.74 Å². The number of methoxy groups -OCH3 is 1. The summed E-state index contributed by atoms with van der Waals surface area (Å²) in [4.78, 5) is 0. The van der Waals surface area contributed by atoms with Crippen LogP contribution in [0.2, 0.25) is 0 Å². The van der Waals surface area contributed by atoms with Crippen LogP contribution in [0.15, 0.2) is 11.8 Å². The third kappa shape index (κ3) is 2.27. The summed E-state index contributed by atoms with van der Waals surface area (Å²) in [6.07, 6.45) is 5.89. The lowest BCUT2D eigenvalue weighted by atomic mass is 9.87. The Hall–Kier alpha value is -0.970. The van der Waals surface area contributed by atoms with Crippen molar-refractivity contribution in [2.45, 2.75) is 25.7 Å². The molecule has 0 radical (unpaired) electrons. The molecule has 2 heteroatoms. The molecule has 1 rings (SSSR count). The number of nitriles is 1. The van der Waals surface area contributed by atoms with Gasteiger partial charge in [0.15, 0.2) is 0 Å². The first-order valence-electron chi connectivity index (χ1n) is 3.97. The highest BCUT2D eigenvalue weighted by atomic mass is 16.5. The molecule has 0 aliphatic heterocycles. The van der Waals surface area contributed by atoms with Crippen LogP contribution in [0.5, 0.6) is 0 Å². The van der Waals surface area contributed by atoms with E-state index in [1.54, 1.807) is 7.11 Å². The summed E-state index contributed by atoms with van der Waals surface area (Å²) >= 11 is 0. The van der Waals surface area contributed by atoms with Gasteiger partial charge < -0.3 is 4.74 Å². The second-order valence-corrected chi connectivity index (χ2v) is 2.92. The Labute approximate surface area is 67.5 Å². The van der Waals surface area contributed by atoms with Crippen molar-refractivity contribution in [1.29, 1.82) is 5.26 Å². The van der Waals surface area contributed by atoms with Crippen LogP contribution in [0, 0.1) is 17.2 Å². The molecular formula is C9H13NO. The summed E-state index contributed by atoms with van der Waals surface area (Å²) in [6.45, 7) is 0. The second kappa shape index (κ2) is 4.02. The molecule has 1 fully saturated rings. The van der Waals surface area contributed by atoms with Gasteiger partial charge in [0.25, 0.3) is 0 Å². The predicted molar refractivity (Wildman–Crippen MR) is 42.7 cm³/mol. The molecule has 0 spiro atoms. The van der Waals surface area contributed by atoms with Crippen LogP contribution in [-0.4, -0.2) is 7.11 Å². The molecule has 0 N–H and O–H groups in total. The Morgan fingerprint density at radius 2 is 2.18 bits per heavy atom. The zero-order valence-corrected chi connectivity index (χ0v) is 6.84. The van der Waals surface area contributed by atoms with Crippen molar-refractivity contribution in [2.75, 3.05) is 7.11 Å². The molecule has 11 heavy (non-hydrogen) atoms. The zero-order chi connectivity index (χ0) is 8.10. The van der Waals surface area contributed by atoms with Gasteiger partial charge in [0.05, 0.1) is 19.4 Å². The SMILES string of the molecule is COC=C1CCC(C#N)CC1. The van der Waals surface area contributed by atoms with E-state index in [2.05, 4.69) is 6.07 Å². The van der Waals surface area contributed by atoms with E-state index in [1.807, 2.05) is 6.26 Å². The lowest BCUT2D eigenvalue weighted by Crippen LogP contribution is -2.05. The smallest absolute Gasteiger partial charge is 0.0816 e. The molecule has 1 saturated carbocycles. The van der Waals surface area contributed by atoms with E-state index < -0.39 is 0 Å². The summed E-state index contributed by atoms with van der Waals surface area (Å²) in [5.74, 6) is 0.281. The minimum atomic E-state index is 0.281. The third-order valence-electron chi connectivity index (χ3n) is 2.09. The monoisotopic (exact) mass is 151 g/mol. The lowest BCUT2D eigenvalue weighted by Gasteiger charge is -2.17. The van der Waals surface area contributed by atoms with Gasteiger partial charge in [0.1, 0.15) is 0 Å². The molecule has 1 aliphatic carbocycles. The molecule has 0 aromatic heterocycles. The van der Waals surface area contributed by atoms with Crippen LogP contribution in [0.1, 0.15) is 25.7 Å². The van der Waals surface area contributed by atoms with E-state index in [1.165, 1.54) is 5.57 Å². The maximum absolute atomic E-state index is 8.61. The average molecular weight is 151 g/mol. The van der Waals surface area contributed by atoms with E-state index in [0.717, 1.165) is 25.7 Å². The highest BCUT2D eigenvalue weighted by Gasteiger charge is 2.15. The molecule has 0 amide bonds. The predicted octanol–water partition coefficient (Wildman–Crippen LogP) is 2.23. The van der Waals surface area contributed by atoms with Crippen molar-refractivity contribution in [3.63, 3.8) is 0 Å². The van der Waals surface area contributed by atoms with Crippen molar-refractivity contribution in [3.8, 4) is 6.07 Å². The minimum absolute atomic E-state index is 0.281. The van der Waals surface area contributed by atoms with Crippen molar-refractivity contribution in [3.05, 3.63) is 11.8 Å². The number of allylic oxidation sites excluding steroid dienone is 1. The fraction of sp³-hybridized carbons (Fsp3) is 0.667. The molecular weight excluding hydrogens is 138 g/mol. The molecule has 0 saturated heterocycles. The summed E-state index contributed by atoms with van der Waals surface area (Å²) < 4.78 is 4.91. The van der Waals surface area contributed by atoms with Gasteiger partial charge in [0.2, 0.25) is 0 Å². The first-order chi connectivity index (χ1) is 5.36. The highest BCUT2D eigenvalue weighted by molar-refractivity contribution is 5.04. The van der Waals surface area contributed by atoms with Crippen LogP contribution >= 0.6 is 0 Å². The summed E-state index contributed by atoms with van der Waals surface area (Å²) in [6, 6.07) is 2.30. The van der Waals surface area contributed by atoms with Crippen molar-refractivity contribution in [2.24, 2.45) is 5.92 Å². The molecule has 1 aliphatic rings.